The summed E-state index contributed by atoms with van der Waals surface area (Å²) in [6, 6.07) is -1.18. The smallest absolute Gasteiger partial charge is 0.443 e. The van der Waals surface area contributed by atoms with Crippen molar-refractivity contribution in [3.05, 3.63) is 12.2 Å². The monoisotopic (exact) mass is 483 g/mol. The molecule has 3 saturated heterocycles. The zero-order valence-corrected chi connectivity index (χ0v) is 20.8. The SMILES string of the molecule is CC(C)(C)OC(=O)O[C@H]1C=CC(=O)N(C(=O)OC(C)(C)C)[C@H]2[C@@H]3OC[C@@H](O3)[C@@H]3OC(C)(C)O[C@]123. The first-order valence-corrected chi connectivity index (χ1v) is 11.3. The van der Waals surface area contributed by atoms with Crippen LogP contribution in [0, 0.1) is 0 Å². The van der Waals surface area contributed by atoms with Crippen molar-refractivity contribution in [2.45, 2.75) is 109 Å². The number of ether oxygens (including phenoxy) is 7. The van der Waals surface area contributed by atoms with E-state index in [-0.39, 0.29) is 6.61 Å². The quantitative estimate of drug-likeness (QED) is 0.515. The van der Waals surface area contributed by atoms with E-state index < -0.39 is 71.4 Å². The largest absolute Gasteiger partial charge is 0.509 e. The van der Waals surface area contributed by atoms with Crippen molar-refractivity contribution in [2.75, 3.05) is 6.61 Å². The van der Waals surface area contributed by atoms with Gasteiger partial charge >= 0.3 is 12.2 Å². The molecule has 190 valence electrons. The molecule has 0 aliphatic carbocycles. The van der Waals surface area contributed by atoms with E-state index in [0.29, 0.717) is 0 Å². The maximum atomic E-state index is 13.3. The van der Waals surface area contributed by atoms with E-state index in [1.54, 1.807) is 55.4 Å². The average molecular weight is 484 g/mol. The van der Waals surface area contributed by atoms with Crippen LogP contribution in [0.2, 0.25) is 0 Å². The first-order chi connectivity index (χ1) is 15.5. The minimum Gasteiger partial charge on any atom is -0.443 e. The Morgan fingerprint density at radius 3 is 2.35 bits per heavy atom. The number of nitrogens with zero attached hydrogens (tertiary/aromatic N) is 1. The van der Waals surface area contributed by atoms with Gasteiger partial charge in [-0.15, -0.1) is 0 Å². The molecule has 1 spiro atoms. The fourth-order valence-electron chi connectivity index (χ4n) is 4.75. The van der Waals surface area contributed by atoms with Crippen molar-refractivity contribution in [2.24, 2.45) is 0 Å². The standard InChI is InChI=1S/C23H33NO10/c1-20(2,3)32-18(26)24-14(25)10-9-13(30-19(27)33-21(4,5)6)23-15(24)17-28-11-12(29-17)16(23)31-22(7,8)34-23/h9-10,12-13,15-17H,11H2,1-8H3/t12-,13+,15+,16+,17-,23-/m1/s1. The predicted molar refractivity (Wildman–Crippen MR) is 114 cm³/mol. The maximum Gasteiger partial charge on any atom is 0.509 e. The van der Waals surface area contributed by atoms with E-state index in [1.165, 1.54) is 6.08 Å². The fraction of sp³-hybridized carbons (Fsp3) is 0.783. The van der Waals surface area contributed by atoms with Gasteiger partial charge in [-0.25, -0.2) is 14.5 Å². The third-order valence-corrected chi connectivity index (χ3v) is 5.65. The summed E-state index contributed by atoms with van der Waals surface area (Å²) in [4.78, 5) is 40.1. The first kappa shape index (κ1) is 24.9. The Balaban J connectivity index is 1.82. The Labute approximate surface area is 198 Å². The summed E-state index contributed by atoms with van der Waals surface area (Å²) < 4.78 is 41.0. The Kier molecular flexibility index (Phi) is 5.79. The van der Waals surface area contributed by atoms with E-state index in [2.05, 4.69) is 0 Å². The lowest BCUT2D eigenvalue weighted by Crippen LogP contribution is -2.73. The summed E-state index contributed by atoms with van der Waals surface area (Å²) in [7, 11) is 0. The van der Waals surface area contributed by atoms with Gasteiger partial charge in [-0.05, 0) is 61.5 Å². The summed E-state index contributed by atoms with van der Waals surface area (Å²) >= 11 is 0. The second-order valence-electron chi connectivity index (χ2n) is 11.3. The van der Waals surface area contributed by atoms with Gasteiger partial charge in [0.25, 0.3) is 5.91 Å². The molecule has 11 heteroatoms. The molecule has 2 amide bonds. The third-order valence-electron chi connectivity index (χ3n) is 5.65. The fourth-order valence-corrected chi connectivity index (χ4v) is 4.75. The molecule has 0 N–H and O–H groups in total. The third kappa shape index (κ3) is 4.41. The van der Waals surface area contributed by atoms with Gasteiger partial charge in [0, 0.05) is 6.08 Å². The van der Waals surface area contributed by atoms with Crippen LogP contribution in [0.5, 0.6) is 0 Å². The molecule has 0 aromatic rings. The topological polar surface area (TPSA) is 119 Å². The first-order valence-electron chi connectivity index (χ1n) is 11.3. The predicted octanol–water partition coefficient (Wildman–Crippen LogP) is 2.65. The van der Waals surface area contributed by atoms with Crippen molar-refractivity contribution in [1.82, 2.24) is 4.90 Å². The highest BCUT2D eigenvalue weighted by Gasteiger charge is 2.74. The number of amides is 2. The Bertz CT molecular complexity index is 900. The zero-order valence-electron chi connectivity index (χ0n) is 20.8. The Morgan fingerprint density at radius 1 is 1.09 bits per heavy atom. The number of carbonyl (C=O) groups excluding carboxylic acids is 3. The summed E-state index contributed by atoms with van der Waals surface area (Å²) in [5, 5.41) is 0. The summed E-state index contributed by atoms with van der Waals surface area (Å²) in [6.07, 6.45) is -2.95. The molecule has 34 heavy (non-hydrogen) atoms. The van der Waals surface area contributed by atoms with Crippen LogP contribution in [-0.2, 0) is 38.0 Å². The molecule has 4 aliphatic rings. The van der Waals surface area contributed by atoms with E-state index >= 15 is 0 Å². The number of carbonyl (C=O) groups is 3. The minimum atomic E-state index is -1.54. The van der Waals surface area contributed by atoms with Crippen molar-refractivity contribution in [3.8, 4) is 0 Å². The molecule has 0 radical (unpaired) electrons. The molecular weight excluding hydrogens is 450 g/mol. The maximum absolute atomic E-state index is 13.3. The van der Waals surface area contributed by atoms with Crippen LogP contribution >= 0.6 is 0 Å². The highest BCUT2D eigenvalue weighted by Crippen LogP contribution is 2.53. The van der Waals surface area contributed by atoms with Crippen LogP contribution in [0.3, 0.4) is 0 Å². The molecule has 0 aromatic carbocycles. The zero-order chi connectivity index (χ0) is 25.3. The molecule has 4 rings (SSSR count). The number of rotatable bonds is 1. The lowest BCUT2D eigenvalue weighted by molar-refractivity contribution is -0.246. The normalized spacial score (nSPS) is 36.4. The van der Waals surface area contributed by atoms with E-state index in [1.807, 2.05) is 0 Å². The van der Waals surface area contributed by atoms with Gasteiger partial charge in [-0.2, -0.15) is 0 Å². The second kappa shape index (κ2) is 7.91. The Hall–Kier alpha value is -2.21. The molecule has 0 saturated carbocycles. The molecule has 3 fully saturated rings. The highest BCUT2D eigenvalue weighted by molar-refractivity contribution is 6.00. The second-order valence-corrected chi connectivity index (χ2v) is 11.3. The summed E-state index contributed by atoms with van der Waals surface area (Å²) in [6.45, 7) is 13.7. The van der Waals surface area contributed by atoms with Crippen molar-refractivity contribution >= 4 is 18.2 Å². The van der Waals surface area contributed by atoms with Crippen LogP contribution < -0.4 is 0 Å². The summed E-state index contributed by atoms with van der Waals surface area (Å²) in [5.74, 6) is -1.84. The van der Waals surface area contributed by atoms with E-state index in [0.717, 1.165) is 11.0 Å². The number of hydrogen-bond donors (Lipinski definition) is 0. The Morgan fingerprint density at radius 2 is 1.74 bits per heavy atom. The molecule has 0 aromatic heterocycles. The lowest BCUT2D eigenvalue weighted by Gasteiger charge is -2.49. The van der Waals surface area contributed by atoms with Crippen LogP contribution in [0.25, 0.3) is 0 Å². The van der Waals surface area contributed by atoms with Gasteiger partial charge in [-0.3, -0.25) is 4.79 Å². The van der Waals surface area contributed by atoms with Crippen molar-refractivity contribution in [1.29, 1.82) is 0 Å². The molecule has 11 nitrogen and oxygen atoms in total. The molecule has 0 unspecified atom stereocenters. The van der Waals surface area contributed by atoms with E-state index in [4.69, 9.17) is 33.2 Å². The molecule has 2 bridgehead atoms. The number of fused-ring (bicyclic) bond motifs is 4. The average Bonchev–Trinajstić information content (AvgIpc) is 3.16. The molecule has 6 atom stereocenters. The minimum absolute atomic E-state index is 0.145. The van der Waals surface area contributed by atoms with Gasteiger partial charge in [0.2, 0.25) is 0 Å². The van der Waals surface area contributed by atoms with Gasteiger partial charge in [0.15, 0.2) is 23.8 Å². The van der Waals surface area contributed by atoms with Gasteiger partial charge in [0.1, 0.15) is 29.5 Å². The van der Waals surface area contributed by atoms with Crippen LogP contribution in [0.4, 0.5) is 9.59 Å². The van der Waals surface area contributed by atoms with Crippen LogP contribution in [0.15, 0.2) is 12.2 Å². The van der Waals surface area contributed by atoms with E-state index in [9.17, 15) is 14.4 Å². The summed E-state index contributed by atoms with van der Waals surface area (Å²) in [5.41, 5.74) is -3.23. The van der Waals surface area contributed by atoms with Crippen molar-refractivity contribution in [3.63, 3.8) is 0 Å². The lowest BCUT2D eigenvalue weighted by atomic mass is 9.78. The number of hydrogen-bond acceptors (Lipinski definition) is 10. The van der Waals surface area contributed by atoms with Gasteiger partial charge in [-0.1, -0.05) is 0 Å². The van der Waals surface area contributed by atoms with Crippen LogP contribution in [0.1, 0.15) is 55.4 Å². The highest BCUT2D eigenvalue weighted by atomic mass is 16.8. The molecule has 4 aliphatic heterocycles. The van der Waals surface area contributed by atoms with Gasteiger partial charge in [0.05, 0.1) is 6.61 Å². The number of imide groups is 1. The molecular formula is C23H33NO10. The van der Waals surface area contributed by atoms with Crippen LogP contribution in [-0.4, -0.2) is 82.9 Å². The van der Waals surface area contributed by atoms with Gasteiger partial charge < -0.3 is 33.2 Å². The molecule has 4 heterocycles. The van der Waals surface area contributed by atoms with Crippen molar-refractivity contribution < 1.29 is 47.5 Å².